The maximum atomic E-state index is 4.72. The first-order valence-electron chi connectivity index (χ1n) is 6.71. The quantitative estimate of drug-likeness (QED) is 0.681. The van der Waals surface area contributed by atoms with Crippen molar-refractivity contribution in [1.82, 2.24) is 9.97 Å². The first-order valence-corrected chi connectivity index (χ1v) is 6.71. The first-order chi connectivity index (χ1) is 9.75. The van der Waals surface area contributed by atoms with Crippen LogP contribution in [0.2, 0.25) is 0 Å². The average molecular weight is 260 g/mol. The van der Waals surface area contributed by atoms with E-state index in [1.54, 1.807) is 0 Å². The lowest BCUT2D eigenvalue weighted by molar-refractivity contribution is 1.17. The van der Waals surface area contributed by atoms with E-state index in [1.165, 1.54) is 11.1 Å². The molecule has 3 rings (SSSR count). The van der Waals surface area contributed by atoms with Crippen molar-refractivity contribution in [3.05, 3.63) is 71.9 Å². The van der Waals surface area contributed by atoms with Crippen molar-refractivity contribution in [3.8, 4) is 22.6 Å². The van der Waals surface area contributed by atoms with Gasteiger partial charge in [0.1, 0.15) is 0 Å². The van der Waals surface area contributed by atoms with Crippen LogP contribution in [-0.4, -0.2) is 9.97 Å². The Hall–Kier alpha value is -2.48. The van der Waals surface area contributed by atoms with Crippen LogP contribution in [0, 0.1) is 13.8 Å². The summed E-state index contributed by atoms with van der Waals surface area (Å²) in [6.45, 7) is 4.18. The van der Waals surface area contributed by atoms with Gasteiger partial charge in [-0.05, 0) is 31.0 Å². The Morgan fingerprint density at radius 3 is 1.95 bits per heavy atom. The highest BCUT2D eigenvalue weighted by Gasteiger charge is 2.07. The number of aromatic nitrogens is 2. The van der Waals surface area contributed by atoms with E-state index in [2.05, 4.69) is 43.1 Å². The van der Waals surface area contributed by atoms with Crippen molar-refractivity contribution in [3.63, 3.8) is 0 Å². The highest BCUT2D eigenvalue weighted by molar-refractivity contribution is 5.67. The number of rotatable bonds is 2. The van der Waals surface area contributed by atoms with Crippen LogP contribution in [0.25, 0.3) is 22.6 Å². The van der Waals surface area contributed by atoms with Crippen LogP contribution in [-0.2, 0) is 0 Å². The molecule has 0 unspecified atom stereocenters. The van der Waals surface area contributed by atoms with E-state index < -0.39 is 0 Å². The van der Waals surface area contributed by atoms with Gasteiger partial charge in [-0.3, -0.25) is 0 Å². The summed E-state index contributed by atoms with van der Waals surface area (Å²) in [4.78, 5) is 9.14. The summed E-state index contributed by atoms with van der Waals surface area (Å²) in [7, 11) is 0. The fourth-order valence-corrected chi connectivity index (χ4v) is 2.32. The van der Waals surface area contributed by atoms with Crippen molar-refractivity contribution in [1.29, 1.82) is 0 Å². The average Bonchev–Trinajstić information content (AvgIpc) is 2.48. The van der Waals surface area contributed by atoms with Crippen LogP contribution in [0.3, 0.4) is 0 Å². The second kappa shape index (κ2) is 5.25. The topological polar surface area (TPSA) is 25.8 Å². The second-order valence-electron chi connectivity index (χ2n) is 4.90. The molecule has 98 valence electrons. The van der Waals surface area contributed by atoms with Gasteiger partial charge in [-0.2, -0.15) is 0 Å². The van der Waals surface area contributed by atoms with Gasteiger partial charge in [0.25, 0.3) is 0 Å². The minimum absolute atomic E-state index is 0.781. The molecule has 0 aliphatic rings. The Labute approximate surface area is 119 Å². The molecule has 0 saturated heterocycles. The van der Waals surface area contributed by atoms with Crippen molar-refractivity contribution < 1.29 is 0 Å². The first kappa shape index (κ1) is 12.5. The van der Waals surface area contributed by atoms with Crippen LogP contribution in [0.15, 0.2) is 60.8 Å². The fraction of sp³-hybridized carbons (Fsp3) is 0.111. The number of hydrogen-bond donors (Lipinski definition) is 0. The molecule has 3 aromatic rings. The molecule has 0 atom stereocenters. The summed E-state index contributed by atoms with van der Waals surface area (Å²) in [5.74, 6) is 0.781. The summed E-state index contributed by atoms with van der Waals surface area (Å²) < 4.78 is 0. The van der Waals surface area contributed by atoms with Gasteiger partial charge < -0.3 is 0 Å². The molecule has 0 aliphatic carbocycles. The van der Waals surface area contributed by atoms with E-state index in [9.17, 15) is 0 Å². The number of benzene rings is 2. The monoisotopic (exact) mass is 260 g/mol. The summed E-state index contributed by atoms with van der Waals surface area (Å²) in [6.07, 6.45) is 1.83. The molecule has 0 amide bonds. The van der Waals surface area contributed by atoms with E-state index in [4.69, 9.17) is 4.98 Å². The number of nitrogens with zero attached hydrogens (tertiary/aromatic N) is 2. The molecule has 1 aromatic heterocycles. The highest BCUT2D eigenvalue weighted by Crippen LogP contribution is 2.24. The standard InChI is InChI=1S/C18H16N2/c1-13-7-3-5-9-15(13)17-11-12-19-18(20-17)16-10-6-4-8-14(16)2/h3-12H,1-2H3. The molecule has 0 fully saturated rings. The van der Waals surface area contributed by atoms with Crippen LogP contribution in [0.5, 0.6) is 0 Å². The van der Waals surface area contributed by atoms with Gasteiger partial charge >= 0.3 is 0 Å². The smallest absolute Gasteiger partial charge is 0.160 e. The fourth-order valence-electron chi connectivity index (χ4n) is 2.32. The molecule has 2 aromatic carbocycles. The second-order valence-corrected chi connectivity index (χ2v) is 4.90. The molecule has 0 bridgehead atoms. The zero-order chi connectivity index (χ0) is 13.9. The van der Waals surface area contributed by atoms with E-state index in [0.29, 0.717) is 0 Å². The Kier molecular flexibility index (Phi) is 3.30. The molecule has 2 heteroatoms. The van der Waals surface area contributed by atoms with Crippen molar-refractivity contribution in [2.45, 2.75) is 13.8 Å². The minimum atomic E-state index is 0.781. The van der Waals surface area contributed by atoms with Crippen molar-refractivity contribution in [2.24, 2.45) is 0 Å². The van der Waals surface area contributed by atoms with Crippen LogP contribution in [0.4, 0.5) is 0 Å². The predicted molar refractivity (Wildman–Crippen MR) is 82.4 cm³/mol. The molecule has 0 aliphatic heterocycles. The van der Waals surface area contributed by atoms with Crippen molar-refractivity contribution in [2.75, 3.05) is 0 Å². The Bertz CT molecular complexity index is 687. The number of aryl methyl sites for hydroxylation is 2. The van der Waals surface area contributed by atoms with Crippen molar-refractivity contribution >= 4 is 0 Å². The lowest BCUT2D eigenvalue weighted by Gasteiger charge is -2.08. The molecule has 0 saturated carbocycles. The zero-order valence-corrected chi connectivity index (χ0v) is 11.7. The minimum Gasteiger partial charge on any atom is -0.237 e. The molecule has 20 heavy (non-hydrogen) atoms. The third-order valence-corrected chi connectivity index (χ3v) is 3.46. The lowest BCUT2D eigenvalue weighted by atomic mass is 10.0. The normalized spacial score (nSPS) is 10.5. The van der Waals surface area contributed by atoms with Gasteiger partial charge in [0.05, 0.1) is 5.69 Å². The van der Waals surface area contributed by atoms with E-state index in [1.807, 2.05) is 36.5 Å². The summed E-state index contributed by atoms with van der Waals surface area (Å²) in [6, 6.07) is 18.4. The SMILES string of the molecule is Cc1ccccc1-c1ccnc(-c2ccccc2C)n1. The maximum absolute atomic E-state index is 4.72. The molecule has 2 nitrogen and oxygen atoms in total. The molecule has 0 N–H and O–H groups in total. The maximum Gasteiger partial charge on any atom is 0.160 e. The van der Waals surface area contributed by atoms with Gasteiger partial charge in [0, 0.05) is 17.3 Å². The number of hydrogen-bond acceptors (Lipinski definition) is 2. The predicted octanol–water partition coefficient (Wildman–Crippen LogP) is 4.43. The van der Waals surface area contributed by atoms with Crippen LogP contribution in [0.1, 0.15) is 11.1 Å². The Morgan fingerprint density at radius 1 is 0.700 bits per heavy atom. The van der Waals surface area contributed by atoms with Gasteiger partial charge in [0.15, 0.2) is 5.82 Å². The van der Waals surface area contributed by atoms with Gasteiger partial charge in [-0.1, -0.05) is 48.5 Å². The summed E-state index contributed by atoms with van der Waals surface area (Å²) >= 11 is 0. The zero-order valence-electron chi connectivity index (χ0n) is 11.7. The highest BCUT2D eigenvalue weighted by atomic mass is 14.9. The Balaban J connectivity index is 2.12. The van der Waals surface area contributed by atoms with Gasteiger partial charge in [0.2, 0.25) is 0 Å². The van der Waals surface area contributed by atoms with E-state index >= 15 is 0 Å². The summed E-state index contributed by atoms with van der Waals surface area (Å²) in [5, 5.41) is 0. The summed E-state index contributed by atoms with van der Waals surface area (Å²) in [5.41, 5.74) is 5.63. The van der Waals surface area contributed by atoms with E-state index in [-0.39, 0.29) is 0 Å². The molecule has 0 radical (unpaired) electrons. The van der Waals surface area contributed by atoms with Gasteiger partial charge in [-0.25, -0.2) is 9.97 Å². The van der Waals surface area contributed by atoms with Gasteiger partial charge in [-0.15, -0.1) is 0 Å². The van der Waals surface area contributed by atoms with Crippen LogP contribution >= 0.6 is 0 Å². The molecule has 1 heterocycles. The molecule has 0 spiro atoms. The van der Waals surface area contributed by atoms with Crippen LogP contribution < -0.4 is 0 Å². The molecular formula is C18H16N2. The van der Waals surface area contributed by atoms with E-state index in [0.717, 1.165) is 22.6 Å². The third-order valence-electron chi connectivity index (χ3n) is 3.46. The largest absolute Gasteiger partial charge is 0.237 e. The third kappa shape index (κ3) is 2.32. The lowest BCUT2D eigenvalue weighted by Crippen LogP contribution is -1.94. The Morgan fingerprint density at radius 2 is 1.30 bits per heavy atom. The molecular weight excluding hydrogens is 244 g/mol.